The molecule has 0 saturated carbocycles. The van der Waals surface area contributed by atoms with Crippen molar-refractivity contribution in [2.75, 3.05) is 13.7 Å². The Hall–Kier alpha value is -3.73. The van der Waals surface area contributed by atoms with Gasteiger partial charge in [-0.2, -0.15) is 0 Å². The number of benzene rings is 1. The molecule has 3 aromatic rings. The molecule has 32 heavy (non-hydrogen) atoms. The van der Waals surface area contributed by atoms with Gasteiger partial charge in [0, 0.05) is 19.6 Å². The lowest BCUT2D eigenvalue weighted by atomic mass is 10.2. The van der Waals surface area contributed by atoms with Crippen LogP contribution in [0.25, 0.3) is 11.2 Å². The van der Waals surface area contributed by atoms with Crippen molar-refractivity contribution < 1.29 is 14.3 Å². The molecule has 0 atom stereocenters. The molecule has 2 heterocycles. The predicted molar refractivity (Wildman–Crippen MR) is 117 cm³/mol. The van der Waals surface area contributed by atoms with Gasteiger partial charge in [-0.3, -0.25) is 29.8 Å². The van der Waals surface area contributed by atoms with Crippen LogP contribution in [0.5, 0.6) is 0 Å². The Balaban J connectivity index is 2.04. The normalized spacial score (nSPS) is 11.1. The minimum atomic E-state index is -0.702. The van der Waals surface area contributed by atoms with E-state index in [1.165, 1.54) is 10.9 Å². The van der Waals surface area contributed by atoms with E-state index in [1.807, 2.05) is 30.3 Å². The number of ether oxygens (including phenoxy) is 1. The van der Waals surface area contributed by atoms with Crippen LogP contribution < -0.4 is 22.1 Å². The molecule has 0 aliphatic rings. The monoisotopic (exact) mass is 442 g/mol. The lowest BCUT2D eigenvalue weighted by Crippen LogP contribution is -2.49. The molecule has 11 nitrogen and oxygen atoms in total. The number of fused-ring (bicyclic) bond motifs is 1. The van der Waals surface area contributed by atoms with Crippen LogP contribution in [0, 0.1) is 5.92 Å². The first kappa shape index (κ1) is 22.9. The number of nitrogens with one attached hydrogen (secondary N) is 2. The highest BCUT2D eigenvalue weighted by Crippen LogP contribution is 2.10. The lowest BCUT2D eigenvalue weighted by molar-refractivity contribution is -0.130. The summed E-state index contributed by atoms with van der Waals surface area (Å²) < 4.78 is 8.88. The molecule has 0 spiro atoms. The molecule has 0 bridgehead atoms. The van der Waals surface area contributed by atoms with Gasteiger partial charge in [0.1, 0.15) is 6.54 Å². The number of methoxy groups -OCH3 is 1. The highest BCUT2D eigenvalue weighted by molar-refractivity contribution is 5.83. The number of carbonyl (C=O) groups excluding carboxylic acids is 2. The SMILES string of the molecule is COCCn1cnc2c1c(=O)n(CC(=O)NNC(=O)C(C)C)c(=O)n2Cc1ccccc1. The molecule has 3 rings (SSSR count). The molecule has 170 valence electrons. The summed E-state index contributed by atoms with van der Waals surface area (Å²) in [6.07, 6.45) is 1.47. The molecule has 1 aromatic carbocycles. The highest BCUT2D eigenvalue weighted by Gasteiger charge is 2.20. The average molecular weight is 442 g/mol. The van der Waals surface area contributed by atoms with Gasteiger partial charge in [0.05, 0.1) is 19.5 Å². The van der Waals surface area contributed by atoms with E-state index in [1.54, 1.807) is 25.5 Å². The first-order valence-corrected chi connectivity index (χ1v) is 10.1. The Labute approximate surface area is 183 Å². The second kappa shape index (κ2) is 10.1. The summed E-state index contributed by atoms with van der Waals surface area (Å²) in [6, 6.07) is 9.25. The number of rotatable bonds is 8. The highest BCUT2D eigenvalue weighted by atomic mass is 16.5. The maximum Gasteiger partial charge on any atom is 0.333 e. The van der Waals surface area contributed by atoms with Gasteiger partial charge in [0.2, 0.25) is 5.91 Å². The fraction of sp³-hybridized carbons (Fsp3) is 0.381. The van der Waals surface area contributed by atoms with Gasteiger partial charge < -0.3 is 9.30 Å². The minimum absolute atomic E-state index is 0.170. The van der Waals surface area contributed by atoms with E-state index in [9.17, 15) is 19.2 Å². The zero-order chi connectivity index (χ0) is 23.3. The van der Waals surface area contributed by atoms with Crippen LogP contribution in [0.3, 0.4) is 0 Å². The van der Waals surface area contributed by atoms with E-state index in [-0.39, 0.29) is 29.5 Å². The van der Waals surface area contributed by atoms with Crippen LogP contribution in [0.2, 0.25) is 0 Å². The Bertz CT molecular complexity index is 1230. The van der Waals surface area contributed by atoms with Crippen molar-refractivity contribution in [2.24, 2.45) is 5.92 Å². The lowest BCUT2D eigenvalue weighted by Gasteiger charge is -2.13. The van der Waals surface area contributed by atoms with Gasteiger partial charge in [0.15, 0.2) is 11.2 Å². The Kier molecular flexibility index (Phi) is 7.21. The summed E-state index contributed by atoms with van der Waals surface area (Å²) in [5, 5.41) is 0. The summed E-state index contributed by atoms with van der Waals surface area (Å²) in [4.78, 5) is 54.7. The Morgan fingerprint density at radius 3 is 2.47 bits per heavy atom. The number of carbonyl (C=O) groups is 2. The van der Waals surface area contributed by atoms with E-state index in [0.717, 1.165) is 10.1 Å². The van der Waals surface area contributed by atoms with Crippen LogP contribution in [0.15, 0.2) is 46.2 Å². The minimum Gasteiger partial charge on any atom is -0.383 e. The maximum atomic E-state index is 13.2. The number of amides is 2. The third-order valence-electron chi connectivity index (χ3n) is 4.85. The maximum absolute atomic E-state index is 13.2. The van der Waals surface area contributed by atoms with Gasteiger partial charge in [-0.25, -0.2) is 14.3 Å². The number of nitrogens with zero attached hydrogens (tertiary/aromatic N) is 4. The van der Waals surface area contributed by atoms with Gasteiger partial charge in [0.25, 0.3) is 11.5 Å². The molecule has 11 heteroatoms. The second-order valence-corrected chi connectivity index (χ2v) is 7.54. The van der Waals surface area contributed by atoms with Crippen molar-refractivity contribution in [3.63, 3.8) is 0 Å². The van der Waals surface area contributed by atoms with Gasteiger partial charge in [-0.15, -0.1) is 0 Å². The van der Waals surface area contributed by atoms with Crippen LogP contribution in [0.4, 0.5) is 0 Å². The Morgan fingerprint density at radius 1 is 1.09 bits per heavy atom. The van der Waals surface area contributed by atoms with Crippen LogP contribution >= 0.6 is 0 Å². The molecular weight excluding hydrogens is 416 g/mol. The molecule has 0 aliphatic heterocycles. The van der Waals surface area contributed by atoms with Crippen molar-refractivity contribution >= 4 is 23.0 Å². The summed E-state index contributed by atoms with van der Waals surface area (Å²) in [7, 11) is 1.54. The predicted octanol–water partition coefficient (Wildman–Crippen LogP) is -0.142. The van der Waals surface area contributed by atoms with Crippen molar-refractivity contribution in [2.45, 2.75) is 33.5 Å². The average Bonchev–Trinajstić information content (AvgIpc) is 3.21. The molecule has 0 aliphatic carbocycles. The molecule has 2 aromatic heterocycles. The standard InChI is InChI=1S/C21H26N6O5/c1-14(2)19(29)24-23-16(28)12-27-20(30)17-18(22-13-25(17)9-10-32-3)26(21(27)31)11-15-7-5-4-6-8-15/h4-8,13-14H,9-12H2,1-3H3,(H,23,28)(H,24,29). The molecule has 0 fully saturated rings. The van der Waals surface area contributed by atoms with E-state index >= 15 is 0 Å². The number of hydrogen-bond acceptors (Lipinski definition) is 6. The van der Waals surface area contributed by atoms with Crippen LogP contribution in [-0.4, -0.2) is 44.2 Å². The van der Waals surface area contributed by atoms with Crippen LogP contribution in [-0.2, 0) is 34.0 Å². The quantitative estimate of drug-likeness (QED) is 0.467. The number of hydrazine groups is 1. The van der Waals surface area contributed by atoms with E-state index in [4.69, 9.17) is 4.74 Å². The van der Waals surface area contributed by atoms with Crippen molar-refractivity contribution in [1.82, 2.24) is 29.5 Å². The second-order valence-electron chi connectivity index (χ2n) is 7.54. The van der Waals surface area contributed by atoms with E-state index < -0.39 is 23.7 Å². The van der Waals surface area contributed by atoms with Crippen molar-refractivity contribution in [3.05, 3.63) is 63.1 Å². The number of hydrogen-bond donors (Lipinski definition) is 2. The number of imidazole rings is 1. The molecule has 0 radical (unpaired) electrons. The van der Waals surface area contributed by atoms with E-state index in [2.05, 4.69) is 15.8 Å². The van der Waals surface area contributed by atoms with Crippen LogP contribution in [0.1, 0.15) is 19.4 Å². The number of aromatic nitrogens is 4. The van der Waals surface area contributed by atoms with Crippen molar-refractivity contribution in [3.8, 4) is 0 Å². The Morgan fingerprint density at radius 2 is 1.81 bits per heavy atom. The first-order chi connectivity index (χ1) is 15.3. The zero-order valence-electron chi connectivity index (χ0n) is 18.2. The first-order valence-electron chi connectivity index (χ1n) is 10.1. The smallest absolute Gasteiger partial charge is 0.333 e. The topological polar surface area (TPSA) is 129 Å². The molecule has 0 saturated heterocycles. The third-order valence-corrected chi connectivity index (χ3v) is 4.85. The van der Waals surface area contributed by atoms with E-state index in [0.29, 0.717) is 13.2 Å². The molecule has 2 amide bonds. The van der Waals surface area contributed by atoms with Crippen molar-refractivity contribution in [1.29, 1.82) is 0 Å². The zero-order valence-corrected chi connectivity index (χ0v) is 18.2. The molecule has 2 N–H and O–H groups in total. The summed E-state index contributed by atoms with van der Waals surface area (Å²) in [5.41, 5.74) is 4.44. The largest absolute Gasteiger partial charge is 0.383 e. The fourth-order valence-corrected chi connectivity index (χ4v) is 3.10. The summed E-state index contributed by atoms with van der Waals surface area (Å²) in [6.45, 7) is 3.64. The van der Waals surface area contributed by atoms with Gasteiger partial charge >= 0.3 is 5.69 Å². The summed E-state index contributed by atoms with van der Waals surface area (Å²) in [5.74, 6) is -1.43. The molecule has 0 unspecified atom stereocenters. The fourth-order valence-electron chi connectivity index (χ4n) is 3.10. The van der Waals surface area contributed by atoms with Gasteiger partial charge in [-0.1, -0.05) is 44.2 Å². The molecular formula is C21H26N6O5. The summed E-state index contributed by atoms with van der Waals surface area (Å²) >= 11 is 0. The van der Waals surface area contributed by atoms with Gasteiger partial charge in [-0.05, 0) is 5.56 Å². The third kappa shape index (κ3) is 4.94.